The van der Waals surface area contributed by atoms with Crippen LogP contribution in [-0.4, -0.2) is 31.2 Å². The molecule has 0 radical (unpaired) electrons. The number of alkyl halides is 1. The minimum Gasteiger partial charge on any atom is -0.449 e. The lowest BCUT2D eigenvalue weighted by Crippen LogP contribution is -2.53. The summed E-state index contributed by atoms with van der Waals surface area (Å²) in [7, 11) is 0. The molecule has 5 nitrogen and oxygen atoms in total. The lowest BCUT2D eigenvalue weighted by atomic mass is 9.99. The Kier molecular flexibility index (Phi) is 6.20. The Morgan fingerprint density at radius 3 is 2.41 bits per heavy atom. The van der Waals surface area contributed by atoms with Crippen LogP contribution in [0, 0.1) is 13.8 Å². The summed E-state index contributed by atoms with van der Waals surface area (Å²) in [6, 6.07) is 10.3. The van der Waals surface area contributed by atoms with Crippen LogP contribution in [0.15, 0.2) is 36.4 Å². The molecular weight excluding hydrogens is 371 g/mol. The second-order valence-electron chi connectivity index (χ2n) is 7.31. The summed E-state index contributed by atoms with van der Waals surface area (Å²) in [5, 5.41) is 0. The van der Waals surface area contributed by atoms with E-state index in [2.05, 4.69) is 0 Å². The fourth-order valence-electron chi connectivity index (χ4n) is 3.67. The number of amides is 2. The molecule has 154 valence electrons. The van der Waals surface area contributed by atoms with Crippen molar-refractivity contribution in [1.82, 2.24) is 0 Å². The molecule has 1 atom stereocenters. The van der Waals surface area contributed by atoms with Crippen LogP contribution in [0.3, 0.4) is 0 Å². The Labute approximate surface area is 171 Å². The monoisotopic (exact) mass is 398 g/mol. The SMILES string of the molecule is CCOC(=O)N1c2cc(C)c(C)cc2N(C(=O)c2cccc(CF)c2)CC1CC. The highest BCUT2D eigenvalue weighted by molar-refractivity contribution is 6.10. The molecule has 0 aliphatic carbocycles. The molecule has 1 aliphatic rings. The Morgan fingerprint density at radius 2 is 1.79 bits per heavy atom. The van der Waals surface area contributed by atoms with Crippen molar-refractivity contribution >= 4 is 23.4 Å². The molecule has 2 aromatic rings. The number of hydrogen-bond acceptors (Lipinski definition) is 3. The van der Waals surface area contributed by atoms with Crippen LogP contribution >= 0.6 is 0 Å². The van der Waals surface area contributed by atoms with Crippen molar-refractivity contribution in [2.24, 2.45) is 0 Å². The van der Waals surface area contributed by atoms with Gasteiger partial charge in [0.25, 0.3) is 5.91 Å². The average molecular weight is 398 g/mol. The van der Waals surface area contributed by atoms with E-state index in [-0.39, 0.29) is 18.6 Å². The predicted molar refractivity (Wildman–Crippen MR) is 112 cm³/mol. The number of anilines is 2. The maximum atomic E-state index is 13.4. The minimum absolute atomic E-state index is 0.202. The van der Waals surface area contributed by atoms with Crippen LogP contribution in [0.5, 0.6) is 0 Å². The fraction of sp³-hybridized carbons (Fsp3) is 0.391. The summed E-state index contributed by atoms with van der Waals surface area (Å²) in [6.45, 7) is 7.72. The molecule has 0 aromatic heterocycles. The van der Waals surface area contributed by atoms with Gasteiger partial charge >= 0.3 is 6.09 Å². The first kappa shape index (κ1) is 20.8. The number of hydrogen-bond donors (Lipinski definition) is 0. The fourth-order valence-corrected chi connectivity index (χ4v) is 3.67. The van der Waals surface area contributed by atoms with Crippen molar-refractivity contribution in [3.8, 4) is 0 Å². The highest BCUT2D eigenvalue weighted by Crippen LogP contribution is 2.39. The standard InChI is InChI=1S/C23H27FN2O3/c1-5-19-14-25(22(27)18-9-7-8-17(12-18)13-24)20-10-15(3)16(4)11-21(20)26(19)23(28)29-6-2/h7-12,19H,5-6,13-14H2,1-4H3. The van der Waals surface area contributed by atoms with Crippen LogP contribution in [0.4, 0.5) is 20.6 Å². The molecule has 6 heteroatoms. The third-order valence-electron chi connectivity index (χ3n) is 5.41. The van der Waals surface area contributed by atoms with Gasteiger partial charge in [0, 0.05) is 12.1 Å². The van der Waals surface area contributed by atoms with Gasteiger partial charge in [0.2, 0.25) is 0 Å². The van der Waals surface area contributed by atoms with Crippen molar-refractivity contribution in [2.75, 3.05) is 23.0 Å². The topological polar surface area (TPSA) is 49.9 Å². The van der Waals surface area contributed by atoms with E-state index in [4.69, 9.17) is 4.74 Å². The summed E-state index contributed by atoms with van der Waals surface area (Å²) in [4.78, 5) is 29.4. The first-order chi connectivity index (χ1) is 13.9. The number of halogens is 1. The van der Waals surface area contributed by atoms with Gasteiger partial charge in [0.05, 0.1) is 24.0 Å². The van der Waals surface area contributed by atoms with Crippen LogP contribution in [-0.2, 0) is 11.4 Å². The molecule has 0 saturated carbocycles. The second kappa shape index (κ2) is 8.64. The number of benzene rings is 2. The van der Waals surface area contributed by atoms with E-state index in [0.717, 1.165) is 11.1 Å². The summed E-state index contributed by atoms with van der Waals surface area (Å²) >= 11 is 0. The summed E-state index contributed by atoms with van der Waals surface area (Å²) < 4.78 is 18.4. The highest BCUT2D eigenvalue weighted by atomic mass is 19.1. The van der Waals surface area contributed by atoms with Gasteiger partial charge in [0.15, 0.2) is 0 Å². The van der Waals surface area contributed by atoms with Gasteiger partial charge in [-0.25, -0.2) is 9.18 Å². The lowest BCUT2D eigenvalue weighted by Gasteiger charge is -2.42. The van der Waals surface area contributed by atoms with E-state index in [0.29, 0.717) is 35.5 Å². The van der Waals surface area contributed by atoms with Crippen LogP contribution in [0.2, 0.25) is 0 Å². The van der Waals surface area contributed by atoms with Gasteiger partial charge in [-0.1, -0.05) is 19.1 Å². The molecule has 0 N–H and O–H groups in total. The van der Waals surface area contributed by atoms with Gasteiger partial charge in [-0.2, -0.15) is 0 Å². The molecule has 0 saturated heterocycles. The largest absolute Gasteiger partial charge is 0.449 e. The summed E-state index contributed by atoms with van der Waals surface area (Å²) in [6.07, 6.45) is 0.259. The molecule has 0 fully saturated rings. The van der Waals surface area contributed by atoms with E-state index in [1.807, 2.05) is 32.9 Å². The van der Waals surface area contributed by atoms with E-state index in [1.54, 1.807) is 41.0 Å². The number of carbonyl (C=O) groups is 2. The second-order valence-corrected chi connectivity index (χ2v) is 7.31. The highest BCUT2D eigenvalue weighted by Gasteiger charge is 2.37. The Hall–Kier alpha value is -2.89. The molecule has 29 heavy (non-hydrogen) atoms. The van der Waals surface area contributed by atoms with Crippen molar-refractivity contribution in [1.29, 1.82) is 0 Å². The van der Waals surface area contributed by atoms with E-state index in [1.165, 1.54) is 0 Å². The molecule has 1 heterocycles. The first-order valence-corrected chi connectivity index (χ1v) is 9.95. The predicted octanol–water partition coefficient (Wildman–Crippen LogP) is 5.17. The third-order valence-corrected chi connectivity index (χ3v) is 5.41. The number of rotatable bonds is 4. The third kappa shape index (κ3) is 3.97. The Morgan fingerprint density at radius 1 is 1.10 bits per heavy atom. The molecule has 0 spiro atoms. The molecule has 2 amide bonds. The van der Waals surface area contributed by atoms with E-state index < -0.39 is 12.8 Å². The number of fused-ring (bicyclic) bond motifs is 1. The summed E-state index contributed by atoms with van der Waals surface area (Å²) in [5.74, 6) is -0.202. The van der Waals surface area contributed by atoms with Gasteiger partial charge in [-0.3, -0.25) is 9.69 Å². The molecule has 3 rings (SSSR count). The maximum Gasteiger partial charge on any atom is 0.414 e. The molecular formula is C23H27FN2O3. The number of ether oxygens (including phenoxy) is 1. The first-order valence-electron chi connectivity index (χ1n) is 9.95. The number of carbonyl (C=O) groups excluding carboxylic acids is 2. The average Bonchev–Trinajstić information content (AvgIpc) is 2.73. The minimum atomic E-state index is -0.621. The molecule has 1 unspecified atom stereocenters. The van der Waals surface area contributed by atoms with Gasteiger partial charge in [-0.05, 0) is 68.1 Å². The van der Waals surface area contributed by atoms with Crippen molar-refractivity contribution in [3.05, 3.63) is 58.7 Å². The Balaban J connectivity index is 2.11. The quantitative estimate of drug-likeness (QED) is 0.713. The van der Waals surface area contributed by atoms with Gasteiger partial charge < -0.3 is 9.64 Å². The van der Waals surface area contributed by atoms with Gasteiger partial charge in [0.1, 0.15) is 6.67 Å². The zero-order valence-corrected chi connectivity index (χ0v) is 17.4. The molecule has 2 aromatic carbocycles. The van der Waals surface area contributed by atoms with Crippen molar-refractivity contribution < 1.29 is 18.7 Å². The Bertz CT molecular complexity index is 928. The number of aryl methyl sites for hydroxylation is 2. The van der Waals surface area contributed by atoms with E-state index in [9.17, 15) is 14.0 Å². The lowest BCUT2D eigenvalue weighted by molar-refractivity contribution is 0.0981. The van der Waals surface area contributed by atoms with Crippen LogP contribution in [0.25, 0.3) is 0 Å². The zero-order valence-electron chi connectivity index (χ0n) is 17.4. The smallest absolute Gasteiger partial charge is 0.414 e. The van der Waals surface area contributed by atoms with Crippen LogP contribution in [0.1, 0.15) is 47.3 Å². The van der Waals surface area contributed by atoms with E-state index >= 15 is 0 Å². The number of nitrogens with zero attached hydrogens (tertiary/aromatic N) is 2. The maximum absolute atomic E-state index is 13.4. The van der Waals surface area contributed by atoms with Crippen LogP contribution < -0.4 is 9.80 Å². The van der Waals surface area contributed by atoms with Crippen molar-refractivity contribution in [3.63, 3.8) is 0 Å². The zero-order chi connectivity index (χ0) is 21.1. The van der Waals surface area contributed by atoms with Gasteiger partial charge in [-0.15, -0.1) is 0 Å². The molecule has 1 aliphatic heterocycles. The molecule has 0 bridgehead atoms. The summed E-state index contributed by atoms with van der Waals surface area (Å²) in [5.41, 5.74) is 4.29. The normalized spacial score (nSPS) is 15.8. The van der Waals surface area contributed by atoms with Crippen molar-refractivity contribution in [2.45, 2.75) is 46.8 Å².